The van der Waals surface area contributed by atoms with Crippen molar-refractivity contribution >= 4 is 28.7 Å². The van der Waals surface area contributed by atoms with Gasteiger partial charge in [-0.05, 0) is 18.9 Å². The van der Waals surface area contributed by atoms with E-state index >= 15 is 0 Å². The molecule has 1 N–H and O–H groups in total. The van der Waals surface area contributed by atoms with Crippen LogP contribution >= 0.6 is 0 Å². The number of nitrogens with zero attached hydrogens (tertiary/aromatic N) is 1. The standard InChI is InChI=1S/C24H18N2O3/c27-23-14-7-1-2-8-15(14)24(28)21-20(23)17(26-11-5-6-12-26)13-19-22(21)25-16-9-3-4-10-18(16)29-19/h1-4,7-10,13,18H,5-6,11-12H2/p+1. The van der Waals surface area contributed by atoms with Gasteiger partial charge in [0.15, 0.2) is 11.5 Å². The van der Waals surface area contributed by atoms with Crippen LogP contribution in [0.2, 0.25) is 0 Å². The number of ketones is 2. The monoisotopic (exact) mass is 383 g/mol. The Bertz CT molecular complexity index is 1180. The van der Waals surface area contributed by atoms with Gasteiger partial charge >= 0.3 is 0 Å². The van der Waals surface area contributed by atoms with E-state index in [1.807, 2.05) is 36.4 Å². The zero-order chi connectivity index (χ0) is 19.5. The van der Waals surface area contributed by atoms with Gasteiger partial charge in [0.05, 0.1) is 11.3 Å². The first kappa shape index (κ1) is 16.5. The molecule has 2 aromatic carbocycles. The van der Waals surface area contributed by atoms with Gasteiger partial charge in [-0.25, -0.2) is 4.99 Å². The molecule has 1 saturated heterocycles. The Kier molecular flexibility index (Phi) is 3.42. The first-order valence-electron chi connectivity index (χ1n) is 10.0. The van der Waals surface area contributed by atoms with Crippen molar-refractivity contribution in [2.24, 2.45) is 0 Å². The van der Waals surface area contributed by atoms with E-state index in [0.717, 1.165) is 37.3 Å². The Morgan fingerprint density at radius 1 is 0.966 bits per heavy atom. The van der Waals surface area contributed by atoms with Crippen molar-refractivity contribution in [2.75, 3.05) is 18.0 Å². The minimum atomic E-state index is -0.210. The highest BCUT2D eigenvalue weighted by Gasteiger charge is 2.42. The van der Waals surface area contributed by atoms with Crippen LogP contribution in [-0.4, -0.2) is 36.5 Å². The fraction of sp³-hybridized carbons (Fsp3) is 0.208. The van der Waals surface area contributed by atoms with Crippen LogP contribution in [0.4, 0.5) is 11.4 Å². The lowest BCUT2D eigenvalue weighted by Gasteiger charge is -2.28. The molecule has 142 valence electrons. The Morgan fingerprint density at radius 2 is 1.69 bits per heavy atom. The fourth-order valence-corrected chi connectivity index (χ4v) is 4.69. The average Bonchev–Trinajstić information content (AvgIpc) is 3.30. The summed E-state index contributed by atoms with van der Waals surface area (Å²) in [5, 5.41) is 0. The molecule has 0 radical (unpaired) electrons. The molecular weight excluding hydrogens is 364 g/mol. The van der Waals surface area contributed by atoms with E-state index in [1.54, 1.807) is 18.2 Å². The molecule has 0 amide bonds. The minimum Gasteiger partial charge on any atom is -0.468 e. The van der Waals surface area contributed by atoms with Crippen molar-refractivity contribution in [2.45, 2.75) is 18.9 Å². The zero-order valence-corrected chi connectivity index (χ0v) is 15.8. The van der Waals surface area contributed by atoms with Gasteiger partial charge in [0.2, 0.25) is 17.6 Å². The van der Waals surface area contributed by atoms with E-state index < -0.39 is 0 Å². The topological polar surface area (TPSA) is 60.6 Å². The Hall–Kier alpha value is -3.47. The molecular formula is C24H19N2O3+. The van der Waals surface area contributed by atoms with Crippen molar-refractivity contribution < 1.29 is 19.3 Å². The lowest BCUT2D eigenvalue weighted by Crippen LogP contribution is -2.72. The number of fused-ring (bicyclic) bond motifs is 5. The molecule has 5 heteroatoms. The molecule has 2 aliphatic carbocycles. The number of rotatable bonds is 1. The van der Waals surface area contributed by atoms with E-state index in [9.17, 15) is 9.59 Å². The number of allylic oxidation sites excluding steroid dienone is 2. The third kappa shape index (κ3) is 2.30. The van der Waals surface area contributed by atoms with E-state index in [-0.39, 0.29) is 17.7 Å². The van der Waals surface area contributed by atoms with Crippen molar-refractivity contribution in [3.8, 4) is 5.75 Å². The summed E-state index contributed by atoms with van der Waals surface area (Å²) in [5.74, 6) is 0.408. The highest BCUT2D eigenvalue weighted by molar-refractivity contribution is 6.32. The summed E-state index contributed by atoms with van der Waals surface area (Å²) in [5.41, 5.74) is 4.15. The number of hydrogen-bond acceptors (Lipinski definition) is 4. The van der Waals surface area contributed by atoms with Crippen LogP contribution in [0.15, 0.2) is 54.6 Å². The summed E-state index contributed by atoms with van der Waals surface area (Å²) in [7, 11) is 0. The van der Waals surface area contributed by atoms with Gasteiger partial charge in [0.25, 0.3) is 5.69 Å². The fourth-order valence-electron chi connectivity index (χ4n) is 4.69. The van der Waals surface area contributed by atoms with Gasteiger partial charge in [0.1, 0.15) is 5.56 Å². The van der Waals surface area contributed by atoms with E-state index in [1.165, 1.54) is 0 Å². The van der Waals surface area contributed by atoms with Crippen LogP contribution in [0.3, 0.4) is 0 Å². The van der Waals surface area contributed by atoms with Gasteiger partial charge in [0, 0.05) is 36.4 Å². The normalized spacial score (nSPS) is 21.2. The maximum atomic E-state index is 13.5. The number of nitrogens with one attached hydrogen (secondary N) is 1. The predicted octanol–water partition coefficient (Wildman–Crippen LogP) is 2.10. The number of ether oxygens (including phenoxy) is 1. The van der Waals surface area contributed by atoms with E-state index in [4.69, 9.17) is 4.74 Å². The van der Waals surface area contributed by atoms with Crippen LogP contribution in [0, 0.1) is 0 Å². The SMILES string of the molecule is O=C1c2ccccc2C(=O)c2c3c(cc(N4CCCC4)c21)OC1C=CC=CC1=[NH+]3. The molecule has 1 unspecified atom stereocenters. The molecule has 0 aromatic heterocycles. The van der Waals surface area contributed by atoms with Crippen molar-refractivity contribution in [1.82, 2.24) is 0 Å². The summed E-state index contributed by atoms with van der Waals surface area (Å²) in [6.07, 6.45) is 9.75. The molecule has 4 aliphatic rings. The number of carbonyl (C=O) groups is 2. The van der Waals surface area contributed by atoms with Crippen LogP contribution in [0.5, 0.6) is 5.75 Å². The molecule has 5 nitrogen and oxygen atoms in total. The summed E-state index contributed by atoms with van der Waals surface area (Å²) >= 11 is 0. The van der Waals surface area contributed by atoms with E-state index in [0.29, 0.717) is 33.7 Å². The van der Waals surface area contributed by atoms with Crippen LogP contribution in [0.25, 0.3) is 0 Å². The summed E-state index contributed by atoms with van der Waals surface area (Å²) < 4.78 is 6.25. The van der Waals surface area contributed by atoms with Crippen molar-refractivity contribution in [1.29, 1.82) is 0 Å². The highest BCUT2D eigenvalue weighted by Crippen LogP contribution is 2.43. The van der Waals surface area contributed by atoms with Gasteiger partial charge in [-0.2, -0.15) is 0 Å². The first-order chi connectivity index (χ1) is 14.2. The van der Waals surface area contributed by atoms with E-state index in [2.05, 4.69) is 9.89 Å². The van der Waals surface area contributed by atoms with Crippen molar-refractivity contribution in [3.05, 3.63) is 76.9 Å². The molecule has 1 atom stereocenters. The molecule has 1 fully saturated rings. The smallest absolute Gasteiger partial charge is 0.258 e. The number of benzene rings is 2. The van der Waals surface area contributed by atoms with Gasteiger partial charge in [-0.1, -0.05) is 36.4 Å². The Morgan fingerprint density at radius 3 is 2.45 bits per heavy atom. The second-order valence-electron chi connectivity index (χ2n) is 7.78. The molecule has 2 aromatic rings. The second-order valence-corrected chi connectivity index (χ2v) is 7.78. The lowest BCUT2D eigenvalue weighted by atomic mass is 9.81. The number of hydrogen-bond donors (Lipinski definition) is 1. The predicted molar refractivity (Wildman–Crippen MR) is 110 cm³/mol. The molecule has 0 spiro atoms. The molecule has 6 rings (SSSR count). The number of anilines is 1. The third-order valence-electron chi connectivity index (χ3n) is 6.09. The van der Waals surface area contributed by atoms with Gasteiger partial charge in [-0.3, -0.25) is 9.59 Å². The summed E-state index contributed by atoms with van der Waals surface area (Å²) in [6, 6.07) is 9.03. The van der Waals surface area contributed by atoms with Crippen LogP contribution in [0.1, 0.15) is 44.7 Å². The largest absolute Gasteiger partial charge is 0.468 e. The average molecular weight is 383 g/mol. The number of carbonyl (C=O) groups excluding carboxylic acids is 2. The lowest BCUT2D eigenvalue weighted by molar-refractivity contribution is -0.362. The van der Waals surface area contributed by atoms with Gasteiger partial charge in [-0.15, -0.1) is 0 Å². The van der Waals surface area contributed by atoms with Crippen LogP contribution < -0.4 is 14.6 Å². The second kappa shape index (κ2) is 6.01. The summed E-state index contributed by atoms with van der Waals surface area (Å²) in [4.78, 5) is 32.7. The molecule has 0 bridgehead atoms. The first-order valence-corrected chi connectivity index (χ1v) is 10.0. The Balaban J connectivity index is 1.65. The maximum Gasteiger partial charge on any atom is 0.258 e. The third-order valence-corrected chi connectivity index (χ3v) is 6.09. The molecule has 29 heavy (non-hydrogen) atoms. The quantitative estimate of drug-likeness (QED) is 0.699. The zero-order valence-electron chi connectivity index (χ0n) is 15.8. The minimum absolute atomic E-state index is 0.0899. The maximum absolute atomic E-state index is 13.5. The van der Waals surface area contributed by atoms with Crippen molar-refractivity contribution in [3.63, 3.8) is 0 Å². The van der Waals surface area contributed by atoms with Gasteiger partial charge < -0.3 is 9.64 Å². The highest BCUT2D eigenvalue weighted by atomic mass is 16.5. The Labute approximate surface area is 168 Å². The van der Waals surface area contributed by atoms with Crippen LogP contribution in [-0.2, 0) is 0 Å². The summed E-state index contributed by atoms with van der Waals surface area (Å²) in [6.45, 7) is 1.76. The molecule has 2 aliphatic heterocycles. The molecule has 0 saturated carbocycles. The molecule has 2 heterocycles.